The van der Waals surface area contributed by atoms with Crippen LogP contribution in [0.5, 0.6) is 5.75 Å². The maximum Gasteiger partial charge on any atom is 0.255 e. The number of anilines is 3. The Kier molecular flexibility index (Phi) is 5.90. The first-order valence-corrected chi connectivity index (χ1v) is 8.71. The summed E-state index contributed by atoms with van der Waals surface area (Å²) < 4.78 is 5.54. The number of nitrogens with one attached hydrogen (secondary N) is 2. The highest BCUT2D eigenvalue weighted by Gasteiger charge is 2.06. The standard InChI is InChI=1S/C23H22N2O2/c1-17(2)16-27-22-14-8-18(9-15-22)23(26)25-21-12-10-20(11-13-21)24-19-6-4-3-5-7-19/h3-15,24H,1,16H2,2H3,(H,25,26). The molecule has 0 saturated heterocycles. The topological polar surface area (TPSA) is 50.4 Å². The lowest BCUT2D eigenvalue weighted by Gasteiger charge is -2.09. The predicted octanol–water partition coefficient (Wildman–Crippen LogP) is 5.64. The summed E-state index contributed by atoms with van der Waals surface area (Å²) in [4.78, 5) is 12.4. The van der Waals surface area contributed by atoms with Gasteiger partial charge in [-0.2, -0.15) is 0 Å². The van der Waals surface area contributed by atoms with E-state index in [0.717, 1.165) is 22.6 Å². The highest BCUT2D eigenvalue weighted by Crippen LogP contribution is 2.19. The lowest BCUT2D eigenvalue weighted by molar-refractivity contribution is 0.102. The minimum atomic E-state index is -0.162. The number of benzene rings is 3. The summed E-state index contributed by atoms with van der Waals surface area (Å²) in [6.45, 7) is 6.17. The van der Waals surface area contributed by atoms with Crippen LogP contribution in [-0.4, -0.2) is 12.5 Å². The van der Waals surface area contributed by atoms with Crippen LogP contribution >= 0.6 is 0 Å². The van der Waals surface area contributed by atoms with E-state index in [2.05, 4.69) is 17.2 Å². The fourth-order valence-electron chi connectivity index (χ4n) is 2.44. The number of carbonyl (C=O) groups excluding carboxylic acids is 1. The molecular formula is C23H22N2O2. The second-order valence-corrected chi connectivity index (χ2v) is 6.29. The fourth-order valence-corrected chi connectivity index (χ4v) is 2.44. The maximum absolute atomic E-state index is 12.4. The van der Waals surface area contributed by atoms with E-state index >= 15 is 0 Å². The summed E-state index contributed by atoms with van der Waals surface area (Å²) in [5.74, 6) is 0.552. The van der Waals surface area contributed by atoms with Gasteiger partial charge in [-0.05, 0) is 73.2 Å². The fraction of sp³-hybridized carbons (Fsp3) is 0.0870. The number of para-hydroxylation sites is 1. The Morgan fingerprint density at radius 2 is 1.44 bits per heavy atom. The maximum atomic E-state index is 12.4. The molecule has 136 valence electrons. The number of amides is 1. The Hall–Kier alpha value is -3.53. The van der Waals surface area contributed by atoms with Gasteiger partial charge in [-0.1, -0.05) is 24.8 Å². The first kappa shape index (κ1) is 18.3. The summed E-state index contributed by atoms with van der Waals surface area (Å²) in [5.41, 5.74) is 4.23. The number of carbonyl (C=O) groups is 1. The van der Waals surface area contributed by atoms with Crippen molar-refractivity contribution < 1.29 is 9.53 Å². The van der Waals surface area contributed by atoms with E-state index in [9.17, 15) is 4.79 Å². The predicted molar refractivity (Wildman–Crippen MR) is 111 cm³/mol. The molecule has 2 N–H and O–H groups in total. The van der Waals surface area contributed by atoms with Crippen LogP contribution in [0.2, 0.25) is 0 Å². The van der Waals surface area contributed by atoms with Gasteiger partial charge in [0.15, 0.2) is 0 Å². The smallest absolute Gasteiger partial charge is 0.255 e. The lowest BCUT2D eigenvalue weighted by atomic mass is 10.2. The van der Waals surface area contributed by atoms with Crippen molar-refractivity contribution in [3.63, 3.8) is 0 Å². The highest BCUT2D eigenvalue weighted by atomic mass is 16.5. The summed E-state index contributed by atoms with van der Waals surface area (Å²) in [6.07, 6.45) is 0. The van der Waals surface area contributed by atoms with Gasteiger partial charge in [-0.15, -0.1) is 0 Å². The van der Waals surface area contributed by atoms with Gasteiger partial charge in [0, 0.05) is 22.6 Å². The third kappa shape index (κ3) is 5.47. The van der Waals surface area contributed by atoms with Crippen LogP contribution in [0.15, 0.2) is 91.0 Å². The second kappa shape index (κ2) is 8.72. The Bertz CT molecular complexity index is 901. The largest absolute Gasteiger partial charge is 0.489 e. The first-order valence-electron chi connectivity index (χ1n) is 8.71. The van der Waals surface area contributed by atoms with E-state index in [4.69, 9.17) is 4.74 Å². The molecule has 0 aliphatic carbocycles. The third-order valence-electron chi connectivity index (χ3n) is 3.81. The van der Waals surface area contributed by atoms with Crippen molar-refractivity contribution >= 4 is 23.0 Å². The van der Waals surface area contributed by atoms with Gasteiger partial charge in [0.2, 0.25) is 0 Å². The Balaban J connectivity index is 1.58. The first-order chi connectivity index (χ1) is 13.1. The molecule has 0 atom stereocenters. The van der Waals surface area contributed by atoms with E-state index < -0.39 is 0 Å². The van der Waals surface area contributed by atoms with Crippen LogP contribution in [0, 0.1) is 0 Å². The molecule has 3 aromatic rings. The van der Waals surface area contributed by atoms with Crippen LogP contribution in [-0.2, 0) is 0 Å². The van der Waals surface area contributed by atoms with Crippen molar-refractivity contribution in [1.29, 1.82) is 0 Å². The van der Waals surface area contributed by atoms with Gasteiger partial charge in [0.05, 0.1) is 0 Å². The monoisotopic (exact) mass is 358 g/mol. The molecule has 3 rings (SSSR count). The highest BCUT2D eigenvalue weighted by molar-refractivity contribution is 6.04. The molecule has 4 heteroatoms. The molecule has 0 saturated carbocycles. The molecule has 1 amide bonds. The molecule has 3 aromatic carbocycles. The van der Waals surface area contributed by atoms with Crippen molar-refractivity contribution in [3.8, 4) is 5.75 Å². The van der Waals surface area contributed by atoms with Crippen molar-refractivity contribution in [2.24, 2.45) is 0 Å². The van der Waals surface area contributed by atoms with E-state index in [1.807, 2.05) is 61.5 Å². The Labute approximate surface area is 159 Å². The van der Waals surface area contributed by atoms with Gasteiger partial charge >= 0.3 is 0 Å². The Morgan fingerprint density at radius 3 is 2.07 bits per heavy atom. The molecular weight excluding hydrogens is 336 g/mol. The molecule has 0 fully saturated rings. The van der Waals surface area contributed by atoms with Crippen molar-refractivity contribution in [2.75, 3.05) is 17.2 Å². The van der Waals surface area contributed by atoms with E-state index in [1.54, 1.807) is 24.3 Å². The Morgan fingerprint density at radius 1 is 0.852 bits per heavy atom. The zero-order valence-electron chi connectivity index (χ0n) is 15.2. The molecule has 0 unspecified atom stereocenters. The average Bonchev–Trinajstić information content (AvgIpc) is 2.69. The molecule has 0 aliphatic heterocycles. The molecule has 0 aromatic heterocycles. The third-order valence-corrected chi connectivity index (χ3v) is 3.81. The molecule has 0 spiro atoms. The molecule has 0 radical (unpaired) electrons. The summed E-state index contributed by atoms with van der Waals surface area (Å²) in [5, 5.41) is 6.21. The molecule has 0 bridgehead atoms. The zero-order chi connectivity index (χ0) is 19.1. The van der Waals surface area contributed by atoms with E-state index in [0.29, 0.717) is 17.9 Å². The van der Waals surface area contributed by atoms with Crippen LogP contribution in [0.3, 0.4) is 0 Å². The quantitative estimate of drug-likeness (QED) is 0.538. The summed E-state index contributed by atoms with van der Waals surface area (Å²) >= 11 is 0. The number of hydrogen-bond acceptors (Lipinski definition) is 3. The van der Waals surface area contributed by atoms with Gasteiger partial charge < -0.3 is 15.4 Å². The molecule has 0 heterocycles. The number of hydrogen-bond donors (Lipinski definition) is 2. The van der Waals surface area contributed by atoms with Crippen LogP contribution in [0.25, 0.3) is 0 Å². The lowest BCUT2D eigenvalue weighted by Crippen LogP contribution is -2.11. The van der Waals surface area contributed by atoms with Gasteiger partial charge in [-0.25, -0.2) is 0 Å². The zero-order valence-corrected chi connectivity index (χ0v) is 15.2. The normalized spacial score (nSPS) is 10.1. The molecule has 0 aliphatic rings. The van der Waals surface area contributed by atoms with Gasteiger partial charge in [0.1, 0.15) is 12.4 Å². The van der Waals surface area contributed by atoms with Crippen molar-refractivity contribution in [2.45, 2.75) is 6.92 Å². The minimum Gasteiger partial charge on any atom is -0.489 e. The van der Waals surface area contributed by atoms with E-state index in [-0.39, 0.29) is 5.91 Å². The SMILES string of the molecule is C=C(C)COc1ccc(C(=O)Nc2ccc(Nc3ccccc3)cc2)cc1. The van der Waals surface area contributed by atoms with Gasteiger partial charge in [0.25, 0.3) is 5.91 Å². The van der Waals surface area contributed by atoms with Crippen molar-refractivity contribution in [1.82, 2.24) is 0 Å². The van der Waals surface area contributed by atoms with Crippen LogP contribution < -0.4 is 15.4 Å². The number of ether oxygens (including phenoxy) is 1. The molecule has 4 nitrogen and oxygen atoms in total. The number of rotatable bonds is 7. The van der Waals surface area contributed by atoms with Crippen molar-refractivity contribution in [3.05, 3.63) is 96.6 Å². The second-order valence-electron chi connectivity index (χ2n) is 6.29. The average molecular weight is 358 g/mol. The minimum absolute atomic E-state index is 0.162. The van der Waals surface area contributed by atoms with E-state index in [1.165, 1.54) is 0 Å². The van der Waals surface area contributed by atoms with Crippen LogP contribution in [0.4, 0.5) is 17.1 Å². The van der Waals surface area contributed by atoms with Gasteiger partial charge in [-0.3, -0.25) is 4.79 Å². The van der Waals surface area contributed by atoms with Crippen LogP contribution in [0.1, 0.15) is 17.3 Å². The molecule has 27 heavy (non-hydrogen) atoms. The summed E-state index contributed by atoms with van der Waals surface area (Å²) in [7, 11) is 0. The summed E-state index contributed by atoms with van der Waals surface area (Å²) in [6, 6.07) is 24.6.